The Morgan fingerprint density at radius 1 is 1.33 bits per heavy atom. The van der Waals surface area contributed by atoms with Gasteiger partial charge in [-0.2, -0.15) is 5.10 Å². The molecule has 0 spiro atoms. The van der Waals surface area contributed by atoms with Gasteiger partial charge in [0.15, 0.2) is 10.6 Å². The summed E-state index contributed by atoms with van der Waals surface area (Å²) in [4.78, 5) is 30.4. The number of hydrogen-bond donors (Lipinski definition) is 3. The number of carbonyl (C=O) groups is 1. The first-order chi connectivity index (χ1) is 10.1. The number of nitrogens with zero attached hydrogens (tertiary/aromatic N) is 2. The van der Waals surface area contributed by atoms with Crippen LogP contribution in [0, 0.1) is 0 Å². The molecule has 3 aromatic rings. The van der Waals surface area contributed by atoms with Crippen molar-refractivity contribution in [3.05, 3.63) is 52.1 Å². The number of hydrogen-bond acceptors (Lipinski definition) is 5. The lowest BCUT2D eigenvalue weighted by Crippen LogP contribution is -2.12. The maximum absolute atomic E-state index is 12.1. The van der Waals surface area contributed by atoms with Gasteiger partial charge in [0.25, 0.3) is 0 Å². The van der Waals surface area contributed by atoms with Crippen molar-refractivity contribution in [1.29, 1.82) is 0 Å². The van der Waals surface area contributed by atoms with Crippen molar-refractivity contribution in [2.45, 2.75) is 10.9 Å². The van der Waals surface area contributed by atoms with Crippen LogP contribution in [0.5, 0.6) is 0 Å². The van der Waals surface area contributed by atoms with Crippen LogP contribution in [0.3, 0.4) is 0 Å². The summed E-state index contributed by atoms with van der Waals surface area (Å²) in [5.74, 6) is -0.000881. The average Bonchev–Trinajstić information content (AvgIpc) is 2.98. The summed E-state index contributed by atoms with van der Waals surface area (Å²) in [5, 5.41) is 7.62. The molecule has 4 N–H and O–H groups in total. The van der Waals surface area contributed by atoms with E-state index in [9.17, 15) is 9.59 Å². The number of nitrogens with one attached hydrogen (secondary N) is 2. The van der Waals surface area contributed by atoms with E-state index in [0.717, 1.165) is 5.69 Å². The Hall–Kier alpha value is -2.61. The Labute approximate surface area is 123 Å². The third-order valence-corrected chi connectivity index (χ3v) is 3.85. The van der Waals surface area contributed by atoms with E-state index in [1.54, 1.807) is 12.1 Å². The van der Waals surface area contributed by atoms with E-state index in [0.29, 0.717) is 27.4 Å². The van der Waals surface area contributed by atoms with Gasteiger partial charge in [-0.05, 0) is 18.2 Å². The van der Waals surface area contributed by atoms with Crippen LogP contribution < -0.4 is 11.2 Å². The predicted octanol–water partition coefficient (Wildman–Crippen LogP) is 1.04. The second kappa shape index (κ2) is 5.41. The molecule has 0 atom stereocenters. The Kier molecular flexibility index (Phi) is 3.44. The molecule has 0 fully saturated rings. The standard InChI is InChI=1S/C13H11N5O2S/c14-12(20)7-1-2-10-9(3-7)11(19)4-8(17-10)5-21-13-15-6-16-18-13/h1-4,6H,5H2,(H2,14,20)(H,17,19)(H,15,16,18). The van der Waals surface area contributed by atoms with E-state index in [1.807, 2.05) is 0 Å². The largest absolute Gasteiger partial charge is 0.366 e. The minimum absolute atomic E-state index is 0.153. The summed E-state index contributed by atoms with van der Waals surface area (Å²) in [5.41, 5.74) is 6.81. The molecule has 0 unspecified atom stereocenters. The Morgan fingerprint density at radius 2 is 2.19 bits per heavy atom. The van der Waals surface area contributed by atoms with Gasteiger partial charge in [-0.1, -0.05) is 11.8 Å². The zero-order valence-corrected chi connectivity index (χ0v) is 11.6. The minimum atomic E-state index is -0.554. The number of H-pyrrole nitrogens is 2. The monoisotopic (exact) mass is 301 g/mol. The number of benzene rings is 1. The van der Waals surface area contributed by atoms with Gasteiger partial charge in [-0.3, -0.25) is 14.7 Å². The molecule has 2 aromatic heterocycles. The number of pyridine rings is 1. The second-order valence-corrected chi connectivity index (χ2v) is 5.33. The lowest BCUT2D eigenvalue weighted by molar-refractivity contribution is 0.100. The van der Waals surface area contributed by atoms with Gasteiger partial charge < -0.3 is 10.7 Å². The molecule has 21 heavy (non-hydrogen) atoms. The number of amides is 1. The van der Waals surface area contributed by atoms with Gasteiger partial charge in [-0.15, -0.1) is 0 Å². The van der Waals surface area contributed by atoms with Crippen LogP contribution >= 0.6 is 11.8 Å². The fourth-order valence-corrected chi connectivity index (χ4v) is 2.63. The third-order valence-electron chi connectivity index (χ3n) is 2.93. The second-order valence-electron chi connectivity index (χ2n) is 4.36. The molecular formula is C13H11N5O2S. The van der Waals surface area contributed by atoms with Crippen LogP contribution in [-0.4, -0.2) is 26.1 Å². The highest BCUT2D eigenvalue weighted by Gasteiger charge is 2.07. The van der Waals surface area contributed by atoms with Gasteiger partial charge in [0.1, 0.15) is 6.33 Å². The SMILES string of the molecule is NC(=O)c1ccc2[nH]c(CSc3ncn[nH]3)cc(=O)c2c1. The first-order valence-corrected chi connectivity index (χ1v) is 7.06. The normalized spacial score (nSPS) is 10.9. The zero-order chi connectivity index (χ0) is 14.8. The molecule has 1 amide bonds. The number of aromatic amines is 2. The summed E-state index contributed by atoms with van der Waals surface area (Å²) in [7, 11) is 0. The van der Waals surface area contributed by atoms with Crippen molar-refractivity contribution >= 4 is 28.6 Å². The minimum Gasteiger partial charge on any atom is -0.366 e. The fourth-order valence-electron chi connectivity index (χ4n) is 1.94. The van der Waals surface area contributed by atoms with E-state index in [2.05, 4.69) is 20.2 Å². The zero-order valence-electron chi connectivity index (χ0n) is 10.8. The highest BCUT2D eigenvalue weighted by Crippen LogP contribution is 2.18. The molecule has 2 heterocycles. The number of fused-ring (bicyclic) bond motifs is 1. The maximum Gasteiger partial charge on any atom is 0.248 e. The van der Waals surface area contributed by atoms with Crippen molar-refractivity contribution in [2.75, 3.05) is 0 Å². The summed E-state index contributed by atoms with van der Waals surface area (Å²) in [6.07, 6.45) is 1.43. The van der Waals surface area contributed by atoms with Crippen LogP contribution in [0.1, 0.15) is 16.1 Å². The van der Waals surface area contributed by atoms with Crippen LogP contribution in [0.15, 0.2) is 40.5 Å². The number of primary amides is 1. The maximum atomic E-state index is 12.1. The number of aromatic nitrogens is 4. The molecule has 0 aliphatic heterocycles. The van der Waals surface area contributed by atoms with Crippen molar-refractivity contribution < 1.29 is 4.79 Å². The first kappa shape index (κ1) is 13.4. The Balaban J connectivity index is 1.94. The third kappa shape index (κ3) is 2.79. The van der Waals surface area contributed by atoms with Gasteiger partial charge in [0.2, 0.25) is 5.91 Å². The van der Waals surface area contributed by atoms with Crippen LogP contribution in [-0.2, 0) is 5.75 Å². The molecule has 0 aliphatic carbocycles. The molecule has 0 radical (unpaired) electrons. The molecule has 106 valence electrons. The van der Waals surface area contributed by atoms with Gasteiger partial charge in [0, 0.05) is 34.0 Å². The fraction of sp³-hybridized carbons (Fsp3) is 0.0769. The van der Waals surface area contributed by atoms with Gasteiger partial charge in [0.05, 0.1) is 0 Å². The van der Waals surface area contributed by atoms with E-state index in [4.69, 9.17) is 5.73 Å². The van der Waals surface area contributed by atoms with Crippen LogP contribution in [0.4, 0.5) is 0 Å². The lowest BCUT2D eigenvalue weighted by atomic mass is 10.1. The lowest BCUT2D eigenvalue weighted by Gasteiger charge is -2.04. The van der Waals surface area contributed by atoms with Crippen LogP contribution in [0.25, 0.3) is 10.9 Å². The van der Waals surface area contributed by atoms with Crippen molar-refractivity contribution in [1.82, 2.24) is 20.2 Å². The van der Waals surface area contributed by atoms with Crippen LogP contribution in [0.2, 0.25) is 0 Å². The molecule has 8 heteroatoms. The molecule has 1 aromatic carbocycles. The number of rotatable bonds is 4. The summed E-state index contributed by atoms with van der Waals surface area (Å²) >= 11 is 1.43. The summed E-state index contributed by atoms with van der Waals surface area (Å²) in [6.45, 7) is 0. The van der Waals surface area contributed by atoms with Crippen molar-refractivity contribution in [3.63, 3.8) is 0 Å². The molecular weight excluding hydrogens is 290 g/mol. The molecule has 0 saturated carbocycles. The summed E-state index contributed by atoms with van der Waals surface area (Å²) in [6, 6.07) is 6.29. The first-order valence-electron chi connectivity index (χ1n) is 6.07. The topological polar surface area (TPSA) is 118 Å². The quantitative estimate of drug-likeness (QED) is 0.622. The Bertz CT molecular complexity index is 857. The van der Waals surface area contributed by atoms with E-state index in [-0.39, 0.29) is 5.43 Å². The molecule has 0 saturated heterocycles. The van der Waals surface area contributed by atoms with Gasteiger partial charge in [-0.25, -0.2) is 4.98 Å². The predicted molar refractivity (Wildman–Crippen MR) is 79.0 cm³/mol. The van der Waals surface area contributed by atoms with E-state index >= 15 is 0 Å². The molecule has 7 nitrogen and oxygen atoms in total. The number of nitrogens with two attached hydrogens (primary N) is 1. The molecule has 0 bridgehead atoms. The highest BCUT2D eigenvalue weighted by atomic mass is 32.2. The summed E-state index contributed by atoms with van der Waals surface area (Å²) < 4.78 is 0. The smallest absolute Gasteiger partial charge is 0.248 e. The molecule has 0 aliphatic rings. The van der Waals surface area contributed by atoms with Crippen molar-refractivity contribution in [2.24, 2.45) is 5.73 Å². The molecule has 3 rings (SSSR count). The van der Waals surface area contributed by atoms with E-state index < -0.39 is 5.91 Å². The number of carbonyl (C=O) groups excluding carboxylic acids is 1. The van der Waals surface area contributed by atoms with Crippen molar-refractivity contribution in [3.8, 4) is 0 Å². The highest BCUT2D eigenvalue weighted by molar-refractivity contribution is 7.98. The average molecular weight is 301 g/mol. The van der Waals surface area contributed by atoms with E-state index in [1.165, 1.54) is 30.2 Å². The van der Waals surface area contributed by atoms with Gasteiger partial charge >= 0.3 is 0 Å². The number of thioether (sulfide) groups is 1. The Morgan fingerprint density at radius 3 is 2.90 bits per heavy atom.